The fourth-order valence-corrected chi connectivity index (χ4v) is 4.91. The Morgan fingerprint density at radius 2 is 2.10 bits per heavy atom. The number of hydrogen-bond donors (Lipinski definition) is 1. The van der Waals surface area contributed by atoms with E-state index in [1.807, 2.05) is 0 Å². The summed E-state index contributed by atoms with van der Waals surface area (Å²) >= 11 is 0. The summed E-state index contributed by atoms with van der Waals surface area (Å²) in [5.41, 5.74) is 6.73. The molecule has 2 aliphatic carbocycles. The number of ether oxygens (including phenoxy) is 1. The van der Waals surface area contributed by atoms with Crippen molar-refractivity contribution in [2.24, 2.45) is 28.8 Å². The van der Waals surface area contributed by atoms with Crippen molar-refractivity contribution >= 4 is 5.97 Å². The number of carbonyl (C=O) groups is 1. The van der Waals surface area contributed by atoms with E-state index in [1.54, 1.807) is 13.8 Å². The molecule has 0 amide bonds. The third-order valence-corrected chi connectivity index (χ3v) is 6.19. The second-order valence-electron chi connectivity index (χ2n) is 7.46. The van der Waals surface area contributed by atoms with Gasteiger partial charge in [0.15, 0.2) is 0 Å². The third-order valence-electron chi connectivity index (χ3n) is 6.19. The number of hydrogen-bond acceptors (Lipinski definition) is 4. The zero-order chi connectivity index (χ0) is 15.4. The first-order chi connectivity index (χ1) is 9.81. The van der Waals surface area contributed by atoms with Gasteiger partial charge in [-0.1, -0.05) is 18.5 Å². The van der Waals surface area contributed by atoms with Crippen LogP contribution in [-0.4, -0.2) is 28.3 Å². The summed E-state index contributed by atoms with van der Waals surface area (Å²) in [6.07, 6.45) is 3.00. The number of aliphatic hydroxyl groups is 1. The minimum absolute atomic E-state index is 0.0346. The summed E-state index contributed by atoms with van der Waals surface area (Å²) in [7, 11) is 0. The van der Waals surface area contributed by atoms with E-state index in [1.165, 1.54) is 0 Å². The second kappa shape index (κ2) is 4.62. The van der Waals surface area contributed by atoms with E-state index < -0.39 is 23.2 Å². The van der Waals surface area contributed by atoms with E-state index in [4.69, 9.17) is 10.3 Å². The summed E-state index contributed by atoms with van der Waals surface area (Å²) in [6.45, 7) is 5.68. The van der Waals surface area contributed by atoms with Gasteiger partial charge >= 0.3 is 5.97 Å². The number of carbonyl (C=O) groups excluding carboxylic acids is 1. The Hall–Kier alpha value is -1.26. The van der Waals surface area contributed by atoms with Crippen LogP contribution < -0.4 is 0 Å². The lowest BCUT2D eigenvalue weighted by Crippen LogP contribution is -2.66. The number of esters is 1. The molecule has 6 nitrogen and oxygen atoms in total. The Balaban J connectivity index is 2.07. The zero-order valence-electron chi connectivity index (χ0n) is 12.8. The van der Waals surface area contributed by atoms with Crippen LogP contribution >= 0.6 is 0 Å². The fraction of sp³-hybridized carbons (Fsp3) is 0.933. The Labute approximate surface area is 124 Å². The van der Waals surface area contributed by atoms with Crippen LogP contribution in [0.5, 0.6) is 0 Å². The Morgan fingerprint density at radius 1 is 1.38 bits per heavy atom. The van der Waals surface area contributed by atoms with Gasteiger partial charge in [-0.05, 0) is 56.4 Å². The molecule has 6 heteroatoms. The van der Waals surface area contributed by atoms with Crippen LogP contribution in [-0.2, 0) is 9.53 Å². The highest BCUT2D eigenvalue weighted by Crippen LogP contribution is 2.56. The van der Waals surface area contributed by atoms with Crippen LogP contribution in [0.1, 0.15) is 46.5 Å². The van der Waals surface area contributed by atoms with Crippen molar-refractivity contribution in [1.82, 2.24) is 0 Å². The smallest absolute Gasteiger partial charge is 0.318 e. The molecule has 0 unspecified atom stereocenters. The average molecular weight is 293 g/mol. The summed E-state index contributed by atoms with van der Waals surface area (Å²) in [4.78, 5) is 15.3. The van der Waals surface area contributed by atoms with Crippen molar-refractivity contribution in [2.45, 2.75) is 63.7 Å². The van der Waals surface area contributed by atoms with Crippen molar-refractivity contribution in [2.75, 3.05) is 0 Å². The molecule has 0 bridgehead atoms. The van der Waals surface area contributed by atoms with Crippen molar-refractivity contribution < 1.29 is 14.6 Å². The normalized spacial score (nSPS) is 52.4. The van der Waals surface area contributed by atoms with Gasteiger partial charge in [-0.25, -0.2) is 0 Å². The van der Waals surface area contributed by atoms with E-state index in [-0.39, 0.29) is 11.8 Å². The number of nitrogens with zero attached hydrogens (tertiary/aromatic N) is 3. The molecule has 0 aromatic heterocycles. The standard InChI is InChI=1S/C15H23N3O3/c1-8-4-5-10-11-9(8)6-7-14(2,20)12(11)21-13(19)15(10,3)17-18-16/h8-12,20H,4-7H2,1-3H3/t8-,9+,10-,11+,12+,14-,15+/m1/s1. The lowest BCUT2D eigenvalue weighted by atomic mass is 9.52. The molecular weight excluding hydrogens is 270 g/mol. The minimum Gasteiger partial charge on any atom is -0.458 e. The molecule has 1 saturated heterocycles. The summed E-state index contributed by atoms with van der Waals surface area (Å²) in [5, 5.41) is 14.5. The first-order valence-electron chi connectivity index (χ1n) is 7.81. The molecule has 3 fully saturated rings. The minimum atomic E-state index is -1.14. The van der Waals surface area contributed by atoms with Crippen LogP contribution in [0.25, 0.3) is 10.4 Å². The highest BCUT2D eigenvalue weighted by atomic mass is 16.6. The van der Waals surface area contributed by atoms with Gasteiger partial charge in [0, 0.05) is 10.8 Å². The van der Waals surface area contributed by atoms with Gasteiger partial charge in [-0.15, -0.1) is 0 Å². The van der Waals surface area contributed by atoms with Crippen LogP contribution in [0, 0.1) is 23.7 Å². The van der Waals surface area contributed by atoms with Gasteiger partial charge in [0.1, 0.15) is 11.6 Å². The van der Waals surface area contributed by atoms with Gasteiger partial charge in [0.05, 0.1) is 5.60 Å². The monoisotopic (exact) mass is 293 g/mol. The third kappa shape index (κ3) is 1.96. The Morgan fingerprint density at radius 3 is 2.76 bits per heavy atom. The lowest BCUT2D eigenvalue weighted by molar-refractivity contribution is -0.227. The molecule has 0 radical (unpaired) electrons. The van der Waals surface area contributed by atoms with E-state index in [0.717, 1.165) is 19.3 Å². The van der Waals surface area contributed by atoms with Gasteiger partial charge in [0.2, 0.25) is 0 Å². The predicted octanol–water partition coefficient (Wildman–Crippen LogP) is 2.80. The molecule has 0 aromatic rings. The van der Waals surface area contributed by atoms with Gasteiger partial charge < -0.3 is 9.84 Å². The highest BCUT2D eigenvalue weighted by Gasteiger charge is 2.62. The predicted molar refractivity (Wildman–Crippen MR) is 76.2 cm³/mol. The number of azide groups is 1. The molecule has 116 valence electrons. The Bertz CT molecular complexity index is 514. The van der Waals surface area contributed by atoms with Gasteiger partial charge in [-0.2, -0.15) is 0 Å². The average Bonchev–Trinajstić information content (AvgIpc) is 2.41. The van der Waals surface area contributed by atoms with Crippen LogP contribution in [0.3, 0.4) is 0 Å². The SMILES string of the molecule is C[C@@H]1CC[C@@H]2[C@@H]3[C@H]1CC[C@@](C)(O)[C@H]3OC(=O)[C@@]2(C)N=[N+]=[N-]. The molecule has 3 rings (SSSR count). The largest absolute Gasteiger partial charge is 0.458 e. The summed E-state index contributed by atoms with van der Waals surface area (Å²) < 4.78 is 5.60. The van der Waals surface area contributed by atoms with Gasteiger partial charge in [-0.3, -0.25) is 4.79 Å². The van der Waals surface area contributed by atoms with Crippen molar-refractivity contribution in [3.8, 4) is 0 Å². The Kier molecular flexibility index (Phi) is 3.22. The molecule has 0 aromatic carbocycles. The molecule has 1 N–H and O–H groups in total. The molecule has 1 heterocycles. The molecule has 3 aliphatic rings. The van der Waals surface area contributed by atoms with Crippen molar-refractivity contribution in [1.29, 1.82) is 0 Å². The molecule has 2 saturated carbocycles. The fourth-order valence-electron chi connectivity index (χ4n) is 4.91. The molecule has 21 heavy (non-hydrogen) atoms. The quantitative estimate of drug-likeness (QED) is 0.348. The molecule has 1 aliphatic heterocycles. The zero-order valence-corrected chi connectivity index (χ0v) is 12.8. The van der Waals surface area contributed by atoms with E-state index in [2.05, 4.69) is 16.9 Å². The molecular formula is C15H23N3O3. The van der Waals surface area contributed by atoms with Crippen LogP contribution in [0.4, 0.5) is 0 Å². The topological polar surface area (TPSA) is 95.3 Å². The van der Waals surface area contributed by atoms with Crippen LogP contribution in [0.2, 0.25) is 0 Å². The summed E-state index contributed by atoms with van der Waals surface area (Å²) in [5.74, 6) is 0.549. The second-order valence-corrected chi connectivity index (χ2v) is 7.46. The van der Waals surface area contributed by atoms with Crippen LogP contribution in [0.15, 0.2) is 5.11 Å². The molecule has 0 spiro atoms. The maximum absolute atomic E-state index is 12.4. The van der Waals surface area contributed by atoms with Gasteiger partial charge in [0.25, 0.3) is 0 Å². The molecule has 7 atom stereocenters. The van der Waals surface area contributed by atoms with E-state index in [0.29, 0.717) is 18.3 Å². The van der Waals surface area contributed by atoms with E-state index >= 15 is 0 Å². The summed E-state index contributed by atoms with van der Waals surface area (Å²) in [6, 6.07) is 0. The van der Waals surface area contributed by atoms with E-state index in [9.17, 15) is 9.90 Å². The first kappa shape index (κ1) is 14.7. The first-order valence-corrected chi connectivity index (χ1v) is 7.81. The van der Waals surface area contributed by atoms with Crippen molar-refractivity contribution in [3.63, 3.8) is 0 Å². The maximum atomic E-state index is 12.4. The lowest BCUT2D eigenvalue weighted by Gasteiger charge is -2.58. The van der Waals surface area contributed by atoms with Crippen molar-refractivity contribution in [3.05, 3.63) is 10.4 Å². The number of rotatable bonds is 1. The highest BCUT2D eigenvalue weighted by molar-refractivity contribution is 5.82. The maximum Gasteiger partial charge on any atom is 0.318 e.